The third-order valence-electron chi connectivity index (χ3n) is 5.78. The Bertz CT molecular complexity index is 1210. The number of fused-ring (bicyclic) bond motifs is 1. The molecular weight excluding hydrogens is 420 g/mol. The molecule has 8 nitrogen and oxygen atoms in total. The normalized spacial score (nSPS) is 13.3. The highest BCUT2D eigenvalue weighted by atomic mass is 16.5. The highest BCUT2D eigenvalue weighted by Crippen LogP contribution is 2.25. The van der Waals surface area contributed by atoms with Gasteiger partial charge in [0.15, 0.2) is 6.61 Å². The van der Waals surface area contributed by atoms with E-state index < -0.39 is 5.97 Å². The molecule has 2 aromatic carbocycles. The van der Waals surface area contributed by atoms with Crippen molar-refractivity contribution in [1.29, 1.82) is 0 Å². The molecule has 8 heteroatoms. The quantitative estimate of drug-likeness (QED) is 0.512. The van der Waals surface area contributed by atoms with Crippen LogP contribution in [0, 0.1) is 6.92 Å². The Balaban J connectivity index is 1.21. The maximum atomic E-state index is 12.2. The maximum Gasteiger partial charge on any atom is 0.306 e. The number of esters is 1. The molecule has 0 bridgehead atoms. The predicted octanol–water partition coefficient (Wildman–Crippen LogP) is 3.34. The largest absolute Gasteiger partial charge is 0.456 e. The number of nitrogens with zero attached hydrogens (tertiary/aromatic N) is 2. The number of aryl methyl sites for hydroxylation is 2. The summed E-state index contributed by atoms with van der Waals surface area (Å²) in [7, 11) is 0. The zero-order chi connectivity index (χ0) is 23.2. The fourth-order valence-corrected chi connectivity index (χ4v) is 4.02. The molecule has 1 aliphatic rings. The van der Waals surface area contributed by atoms with Gasteiger partial charge in [-0.2, -0.15) is 0 Å². The van der Waals surface area contributed by atoms with Crippen molar-refractivity contribution in [2.45, 2.75) is 39.0 Å². The van der Waals surface area contributed by atoms with E-state index in [2.05, 4.69) is 26.3 Å². The summed E-state index contributed by atoms with van der Waals surface area (Å²) in [5, 5.41) is 3.34. The highest BCUT2D eigenvalue weighted by Gasteiger charge is 2.14. The molecule has 0 radical (unpaired) electrons. The average molecular weight is 449 g/mol. The predicted molar refractivity (Wildman–Crippen MR) is 128 cm³/mol. The number of carbonyl (C=O) groups excluding carboxylic acids is 2. The van der Waals surface area contributed by atoms with Crippen LogP contribution in [0.15, 0.2) is 47.3 Å². The average Bonchev–Trinajstić information content (AvgIpc) is 3.34. The molecule has 3 aromatic rings. The van der Waals surface area contributed by atoms with E-state index in [-0.39, 0.29) is 24.5 Å². The number of aromatic amines is 1. The van der Waals surface area contributed by atoms with Gasteiger partial charge in [-0.25, -0.2) is 4.98 Å². The number of carbonyl (C=O) groups is 2. The summed E-state index contributed by atoms with van der Waals surface area (Å²) in [6.45, 7) is 3.74. The summed E-state index contributed by atoms with van der Waals surface area (Å²) in [6, 6.07) is 13.1. The molecule has 1 aromatic heterocycles. The summed E-state index contributed by atoms with van der Waals surface area (Å²) in [5.74, 6) is -0.313. The smallest absolute Gasteiger partial charge is 0.306 e. The number of aromatic nitrogens is 2. The van der Waals surface area contributed by atoms with Gasteiger partial charge in [0.1, 0.15) is 5.82 Å². The van der Waals surface area contributed by atoms with Gasteiger partial charge in [-0.05, 0) is 62.1 Å². The van der Waals surface area contributed by atoms with E-state index in [1.807, 2.05) is 25.1 Å². The molecular formula is C25H28N4O4. The first-order valence-corrected chi connectivity index (χ1v) is 11.3. The first-order valence-electron chi connectivity index (χ1n) is 11.3. The number of anilines is 2. The Hall–Kier alpha value is -3.68. The molecule has 2 N–H and O–H groups in total. The van der Waals surface area contributed by atoms with E-state index in [1.54, 1.807) is 18.2 Å². The summed E-state index contributed by atoms with van der Waals surface area (Å²) in [6.07, 6.45) is 3.44. The van der Waals surface area contributed by atoms with Crippen LogP contribution in [-0.2, 0) is 20.7 Å². The topological polar surface area (TPSA) is 104 Å². The second-order valence-corrected chi connectivity index (χ2v) is 8.29. The van der Waals surface area contributed by atoms with Crippen LogP contribution >= 0.6 is 0 Å². The minimum Gasteiger partial charge on any atom is -0.456 e. The lowest BCUT2D eigenvalue weighted by atomic mass is 10.1. The zero-order valence-corrected chi connectivity index (χ0v) is 18.7. The lowest BCUT2D eigenvalue weighted by Gasteiger charge is -2.19. The van der Waals surface area contributed by atoms with Crippen molar-refractivity contribution < 1.29 is 14.3 Å². The minimum atomic E-state index is -0.464. The van der Waals surface area contributed by atoms with E-state index in [9.17, 15) is 14.4 Å². The first-order chi connectivity index (χ1) is 16.0. The van der Waals surface area contributed by atoms with Crippen LogP contribution in [0.4, 0.5) is 11.4 Å². The summed E-state index contributed by atoms with van der Waals surface area (Å²) >= 11 is 0. The Labute approximate surface area is 192 Å². The van der Waals surface area contributed by atoms with Crippen molar-refractivity contribution in [1.82, 2.24) is 9.97 Å². The van der Waals surface area contributed by atoms with E-state index in [1.165, 1.54) is 12.8 Å². The highest BCUT2D eigenvalue weighted by molar-refractivity contribution is 5.93. The number of rotatable bonds is 8. The number of benzene rings is 2. The van der Waals surface area contributed by atoms with Gasteiger partial charge in [0.05, 0.1) is 10.9 Å². The third-order valence-corrected chi connectivity index (χ3v) is 5.78. The summed E-state index contributed by atoms with van der Waals surface area (Å²) in [4.78, 5) is 45.8. The van der Waals surface area contributed by atoms with E-state index in [4.69, 9.17) is 4.74 Å². The number of hydrogen-bond acceptors (Lipinski definition) is 6. The van der Waals surface area contributed by atoms with Crippen LogP contribution in [0.2, 0.25) is 0 Å². The van der Waals surface area contributed by atoms with E-state index >= 15 is 0 Å². The monoisotopic (exact) mass is 448 g/mol. The number of hydrogen-bond donors (Lipinski definition) is 2. The van der Waals surface area contributed by atoms with Gasteiger partial charge in [-0.1, -0.05) is 12.1 Å². The van der Waals surface area contributed by atoms with Crippen LogP contribution < -0.4 is 15.8 Å². The Morgan fingerprint density at radius 2 is 1.94 bits per heavy atom. The first kappa shape index (κ1) is 22.5. The van der Waals surface area contributed by atoms with E-state index in [0.29, 0.717) is 35.3 Å². The second kappa shape index (κ2) is 10.3. The Morgan fingerprint density at radius 1 is 1.15 bits per heavy atom. The van der Waals surface area contributed by atoms with Gasteiger partial charge in [0.25, 0.3) is 11.5 Å². The lowest BCUT2D eigenvalue weighted by Crippen LogP contribution is -2.22. The molecule has 1 saturated heterocycles. The molecule has 1 aliphatic heterocycles. The molecule has 0 spiro atoms. The van der Waals surface area contributed by atoms with Crippen LogP contribution in [0.3, 0.4) is 0 Å². The molecule has 1 amide bonds. The van der Waals surface area contributed by atoms with Gasteiger partial charge in [0.2, 0.25) is 0 Å². The van der Waals surface area contributed by atoms with Crippen LogP contribution in [0.25, 0.3) is 10.9 Å². The molecule has 1 fully saturated rings. The van der Waals surface area contributed by atoms with Crippen molar-refractivity contribution in [3.63, 3.8) is 0 Å². The van der Waals surface area contributed by atoms with Crippen molar-refractivity contribution in [2.24, 2.45) is 0 Å². The van der Waals surface area contributed by atoms with Gasteiger partial charge in [-0.15, -0.1) is 0 Å². The number of H-pyrrole nitrogens is 1. The van der Waals surface area contributed by atoms with Gasteiger partial charge >= 0.3 is 5.97 Å². The molecule has 2 heterocycles. The molecule has 33 heavy (non-hydrogen) atoms. The molecule has 0 aliphatic carbocycles. The molecule has 0 unspecified atom stereocenters. The molecule has 4 rings (SSSR count). The van der Waals surface area contributed by atoms with Gasteiger partial charge in [-0.3, -0.25) is 14.4 Å². The lowest BCUT2D eigenvalue weighted by molar-refractivity contribution is -0.147. The SMILES string of the molecule is Cc1cc(N2CCCC2)ccc1NC(=O)COC(=O)CCCc1nc2ccccc2c(=O)[nH]1. The fraction of sp³-hybridized carbons (Fsp3) is 0.360. The van der Waals surface area contributed by atoms with Gasteiger partial charge < -0.3 is 19.9 Å². The number of para-hydroxylation sites is 1. The number of nitrogens with one attached hydrogen (secondary N) is 2. The van der Waals surface area contributed by atoms with Crippen LogP contribution in [-0.4, -0.2) is 41.5 Å². The molecule has 0 saturated carbocycles. The minimum absolute atomic E-state index is 0.132. The number of ether oxygens (including phenoxy) is 1. The van der Waals surface area contributed by atoms with Crippen molar-refractivity contribution in [2.75, 3.05) is 29.9 Å². The third kappa shape index (κ3) is 5.77. The Kier molecular flexibility index (Phi) is 7.02. The molecule has 172 valence electrons. The van der Waals surface area contributed by atoms with Crippen molar-refractivity contribution in [3.05, 3.63) is 64.2 Å². The number of amides is 1. The standard InChI is InChI=1S/C25H28N4O4/c1-17-15-18(29-13-4-5-14-29)11-12-20(17)27-23(30)16-33-24(31)10-6-9-22-26-21-8-3-2-7-19(21)25(32)28-22/h2-3,7-8,11-12,15H,4-6,9-10,13-14,16H2,1H3,(H,27,30)(H,26,28,32). The van der Waals surface area contributed by atoms with Crippen molar-refractivity contribution >= 4 is 34.2 Å². The maximum absolute atomic E-state index is 12.2. The Morgan fingerprint density at radius 3 is 2.73 bits per heavy atom. The van der Waals surface area contributed by atoms with Gasteiger partial charge in [0, 0.05) is 37.3 Å². The van der Waals surface area contributed by atoms with Crippen LogP contribution in [0.1, 0.15) is 37.1 Å². The molecule has 0 atom stereocenters. The fourth-order valence-electron chi connectivity index (χ4n) is 4.02. The van der Waals surface area contributed by atoms with Crippen molar-refractivity contribution in [3.8, 4) is 0 Å². The summed E-state index contributed by atoms with van der Waals surface area (Å²) in [5.41, 5.74) is 3.27. The zero-order valence-electron chi connectivity index (χ0n) is 18.7. The van der Waals surface area contributed by atoms with E-state index in [0.717, 1.165) is 24.3 Å². The second-order valence-electron chi connectivity index (χ2n) is 8.29. The van der Waals surface area contributed by atoms with Crippen LogP contribution in [0.5, 0.6) is 0 Å². The summed E-state index contributed by atoms with van der Waals surface area (Å²) < 4.78 is 5.10.